The first-order valence-electron chi connectivity index (χ1n) is 10.4. The predicted molar refractivity (Wildman–Crippen MR) is 128 cm³/mol. The second kappa shape index (κ2) is 10.1. The fourth-order valence-corrected chi connectivity index (χ4v) is 4.54. The summed E-state index contributed by atoms with van der Waals surface area (Å²) in [6.07, 6.45) is 1.63. The SMILES string of the molecule is C=CCNS(=O)(=O)Cc1ccc(NC(=O)Cc2c(C)nn(-c3nc(C)cc(C)n3)c2C)cc1. The lowest BCUT2D eigenvalue weighted by Gasteiger charge is -2.08. The first-order chi connectivity index (χ1) is 15.6. The quantitative estimate of drug-likeness (QED) is 0.466. The highest BCUT2D eigenvalue weighted by Gasteiger charge is 2.18. The number of benzene rings is 1. The van der Waals surface area contributed by atoms with Crippen molar-refractivity contribution in [3.63, 3.8) is 0 Å². The molecule has 174 valence electrons. The van der Waals surface area contributed by atoms with Crippen LogP contribution >= 0.6 is 0 Å². The standard InChI is InChI=1S/C23H28N6O3S/c1-6-11-24-33(31,32)14-19-7-9-20(10-8-19)27-22(30)13-21-17(4)28-29(18(21)5)23-25-15(2)12-16(3)26-23/h6-10,12,24H,1,11,13-14H2,2-5H3,(H,27,30). The lowest BCUT2D eigenvalue weighted by Crippen LogP contribution is -2.25. The molecule has 0 aliphatic carbocycles. The maximum Gasteiger partial charge on any atom is 0.251 e. The van der Waals surface area contributed by atoms with Gasteiger partial charge in [-0.3, -0.25) is 4.79 Å². The minimum absolute atomic E-state index is 0.143. The van der Waals surface area contributed by atoms with Gasteiger partial charge >= 0.3 is 0 Å². The molecule has 0 unspecified atom stereocenters. The van der Waals surface area contributed by atoms with Crippen LogP contribution in [0, 0.1) is 27.7 Å². The van der Waals surface area contributed by atoms with Gasteiger partial charge < -0.3 is 5.32 Å². The molecule has 0 fully saturated rings. The summed E-state index contributed by atoms with van der Waals surface area (Å²) in [4.78, 5) is 21.6. The number of anilines is 1. The van der Waals surface area contributed by atoms with Crippen LogP contribution in [0.3, 0.4) is 0 Å². The van der Waals surface area contributed by atoms with Crippen LogP contribution in [0.5, 0.6) is 0 Å². The van der Waals surface area contributed by atoms with Gasteiger partial charge in [-0.15, -0.1) is 6.58 Å². The zero-order valence-electron chi connectivity index (χ0n) is 19.2. The monoisotopic (exact) mass is 468 g/mol. The van der Waals surface area contributed by atoms with Crippen molar-refractivity contribution in [2.75, 3.05) is 11.9 Å². The number of amides is 1. The van der Waals surface area contributed by atoms with Gasteiger partial charge in [0.25, 0.3) is 5.95 Å². The van der Waals surface area contributed by atoms with E-state index in [1.54, 1.807) is 28.9 Å². The number of aromatic nitrogens is 4. The van der Waals surface area contributed by atoms with Gasteiger partial charge in [0.2, 0.25) is 15.9 Å². The molecule has 9 nitrogen and oxygen atoms in total. The number of rotatable bonds is 9. The zero-order valence-corrected chi connectivity index (χ0v) is 20.0. The molecule has 0 spiro atoms. The van der Waals surface area contributed by atoms with Crippen LogP contribution in [0.4, 0.5) is 5.69 Å². The molecule has 0 saturated heterocycles. The molecular weight excluding hydrogens is 440 g/mol. The smallest absolute Gasteiger partial charge is 0.251 e. The summed E-state index contributed by atoms with van der Waals surface area (Å²) in [6.45, 7) is 11.2. The molecule has 0 saturated carbocycles. The third-order valence-corrected chi connectivity index (χ3v) is 6.30. The number of nitrogens with zero attached hydrogens (tertiary/aromatic N) is 4. The Bertz CT molecular complexity index is 1260. The fourth-order valence-electron chi connectivity index (χ4n) is 3.43. The van der Waals surface area contributed by atoms with Gasteiger partial charge in [-0.1, -0.05) is 18.2 Å². The van der Waals surface area contributed by atoms with E-state index in [2.05, 4.69) is 31.7 Å². The van der Waals surface area contributed by atoms with Gasteiger partial charge in [-0.25, -0.2) is 27.8 Å². The second-order valence-corrected chi connectivity index (χ2v) is 9.64. The Labute approximate surface area is 194 Å². The molecule has 2 aromatic heterocycles. The summed E-state index contributed by atoms with van der Waals surface area (Å²) < 4.78 is 28.1. The van der Waals surface area contributed by atoms with Crippen LogP contribution in [0.25, 0.3) is 5.95 Å². The molecule has 0 atom stereocenters. The van der Waals surface area contributed by atoms with Crippen molar-refractivity contribution < 1.29 is 13.2 Å². The average Bonchev–Trinajstić information content (AvgIpc) is 3.01. The van der Waals surface area contributed by atoms with E-state index in [1.807, 2.05) is 33.8 Å². The number of carbonyl (C=O) groups is 1. The van der Waals surface area contributed by atoms with E-state index in [9.17, 15) is 13.2 Å². The molecule has 2 N–H and O–H groups in total. The van der Waals surface area contributed by atoms with Crippen molar-refractivity contribution >= 4 is 21.6 Å². The number of hydrogen-bond acceptors (Lipinski definition) is 6. The minimum atomic E-state index is -3.44. The van der Waals surface area contributed by atoms with E-state index in [0.717, 1.165) is 28.3 Å². The van der Waals surface area contributed by atoms with Crippen molar-refractivity contribution in [2.45, 2.75) is 39.9 Å². The van der Waals surface area contributed by atoms with Gasteiger partial charge in [-0.2, -0.15) is 5.10 Å². The summed E-state index contributed by atoms with van der Waals surface area (Å²) in [6, 6.07) is 8.61. The van der Waals surface area contributed by atoms with Gasteiger partial charge in [0.15, 0.2) is 0 Å². The molecule has 3 rings (SSSR count). The second-order valence-electron chi connectivity index (χ2n) is 7.83. The van der Waals surface area contributed by atoms with E-state index in [-0.39, 0.29) is 24.6 Å². The van der Waals surface area contributed by atoms with Crippen molar-refractivity contribution in [2.24, 2.45) is 0 Å². The summed E-state index contributed by atoms with van der Waals surface area (Å²) in [5.41, 5.74) is 5.24. The van der Waals surface area contributed by atoms with Crippen LogP contribution in [0.2, 0.25) is 0 Å². The van der Waals surface area contributed by atoms with Crippen LogP contribution in [-0.2, 0) is 27.0 Å². The Balaban J connectivity index is 1.69. The molecule has 0 aliphatic rings. The normalized spacial score (nSPS) is 11.4. The molecule has 10 heteroatoms. The molecule has 0 bridgehead atoms. The molecule has 2 heterocycles. The predicted octanol–water partition coefficient (Wildman–Crippen LogP) is 2.68. The van der Waals surface area contributed by atoms with E-state index in [0.29, 0.717) is 17.2 Å². The molecule has 1 aromatic carbocycles. The van der Waals surface area contributed by atoms with E-state index in [4.69, 9.17) is 0 Å². The molecular formula is C23H28N6O3S. The van der Waals surface area contributed by atoms with Gasteiger partial charge in [-0.05, 0) is 51.5 Å². The largest absolute Gasteiger partial charge is 0.326 e. The summed E-state index contributed by atoms with van der Waals surface area (Å²) in [7, 11) is -3.44. The Hall–Kier alpha value is -3.37. The highest BCUT2D eigenvalue weighted by Crippen LogP contribution is 2.18. The van der Waals surface area contributed by atoms with Crippen LogP contribution in [0.1, 0.15) is 33.9 Å². The lowest BCUT2D eigenvalue weighted by molar-refractivity contribution is -0.115. The summed E-state index contributed by atoms with van der Waals surface area (Å²) in [5, 5.41) is 7.38. The number of nitrogens with one attached hydrogen (secondary N) is 2. The molecule has 3 aromatic rings. The topological polar surface area (TPSA) is 119 Å². The van der Waals surface area contributed by atoms with Gasteiger partial charge in [0.1, 0.15) is 0 Å². The third-order valence-electron chi connectivity index (χ3n) is 4.98. The number of aryl methyl sites for hydroxylation is 3. The highest BCUT2D eigenvalue weighted by atomic mass is 32.2. The number of sulfonamides is 1. The van der Waals surface area contributed by atoms with E-state index in [1.165, 1.54) is 6.08 Å². The Kier molecular flexibility index (Phi) is 7.39. The van der Waals surface area contributed by atoms with Crippen LogP contribution in [0.15, 0.2) is 43.0 Å². The van der Waals surface area contributed by atoms with Crippen molar-refractivity contribution in [3.8, 4) is 5.95 Å². The lowest BCUT2D eigenvalue weighted by atomic mass is 10.1. The Morgan fingerprint density at radius 2 is 1.73 bits per heavy atom. The molecule has 33 heavy (non-hydrogen) atoms. The minimum Gasteiger partial charge on any atom is -0.326 e. The third kappa shape index (κ3) is 6.33. The Morgan fingerprint density at radius 3 is 2.33 bits per heavy atom. The van der Waals surface area contributed by atoms with Crippen molar-refractivity contribution in [1.29, 1.82) is 0 Å². The van der Waals surface area contributed by atoms with Crippen molar-refractivity contribution in [1.82, 2.24) is 24.5 Å². The van der Waals surface area contributed by atoms with Gasteiger partial charge in [0, 0.05) is 34.9 Å². The maximum atomic E-state index is 12.7. The average molecular weight is 469 g/mol. The first-order valence-corrected chi connectivity index (χ1v) is 12.1. The zero-order chi connectivity index (χ0) is 24.2. The van der Waals surface area contributed by atoms with Gasteiger partial charge in [0.05, 0.1) is 17.9 Å². The number of hydrogen-bond donors (Lipinski definition) is 2. The Morgan fingerprint density at radius 1 is 1.09 bits per heavy atom. The maximum absolute atomic E-state index is 12.7. The molecule has 1 amide bonds. The van der Waals surface area contributed by atoms with Crippen LogP contribution in [-0.4, -0.2) is 40.6 Å². The van der Waals surface area contributed by atoms with Crippen molar-refractivity contribution in [3.05, 3.63) is 76.9 Å². The fraction of sp³-hybridized carbons (Fsp3) is 0.304. The molecule has 0 aliphatic heterocycles. The molecule has 0 radical (unpaired) electrons. The number of carbonyl (C=O) groups excluding carboxylic acids is 1. The van der Waals surface area contributed by atoms with Crippen LogP contribution < -0.4 is 10.0 Å². The first kappa shape index (κ1) is 24.3. The summed E-state index contributed by atoms with van der Waals surface area (Å²) >= 11 is 0. The van der Waals surface area contributed by atoms with E-state index >= 15 is 0 Å². The van der Waals surface area contributed by atoms with E-state index < -0.39 is 10.0 Å². The highest BCUT2D eigenvalue weighted by molar-refractivity contribution is 7.88. The summed E-state index contributed by atoms with van der Waals surface area (Å²) in [5.74, 6) is 0.135.